The number of aryl methyl sites for hydroxylation is 1. The summed E-state index contributed by atoms with van der Waals surface area (Å²) in [6.07, 6.45) is 1.62. The van der Waals surface area contributed by atoms with Gasteiger partial charge in [0.2, 0.25) is 5.75 Å². The van der Waals surface area contributed by atoms with E-state index in [1.54, 1.807) is 25.3 Å². The van der Waals surface area contributed by atoms with Gasteiger partial charge in [0.25, 0.3) is 0 Å². The summed E-state index contributed by atoms with van der Waals surface area (Å²) in [6.45, 7) is 1.76. The molecule has 2 rings (SSSR count). The van der Waals surface area contributed by atoms with Gasteiger partial charge in [-0.2, -0.15) is 0 Å². The van der Waals surface area contributed by atoms with Crippen molar-refractivity contribution < 1.29 is 9.66 Å². The molecule has 92 valence electrons. The van der Waals surface area contributed by atoms with Gasteiger partial charge >= 0.3 is 5.69 Å². The molecule has 0 aliphatic carbocycles. The molecule has 1 aromatic heterocycles. The molecule has 6 heteroatoms. The molecule has 0 saturated carbocycles. The first-order valence-corrected chi connectivity index (χ1v) is 5.49. The van der Waals surface area contributed by atoms with Gasteiger partial charge in [-0.05, 0) is 31.2 Å². The minimum atomic E-state index is -0.535. The Labute approximate surface area is 108 Å². The summed E-state index contributed by atoms with van der Waals surface area (Å²) in [5, 5.41) is 11.2. The number of nitro groups is 1. The summed E-state index contributed by atoms with van der Waals surface area (Å²) in [5.74, 6) is 0.614. The number of aromatic nitrogens is 1. The van der Waals surface area contributed by atoms with Crippen molar-refractivity contribution in [2.75, 3.05) is 0 Å². The second kappa shape index (κ2) is 5.01. The second-order valence-corrected chi connectivity index (χ2v) is 3.99. The zero-order chi connectivity index (χ0) is 13.1. The van der Waals surface area contributed by atoms with Crippen LogP contribution in [0, 0.1) is 17.0 Å². The molecule has 0 bridgehead atoms. The van der Waals surface area contributed by atoms with Crippen LogP contribution in [0.25, 0.3) is 0 Å². The lowest BCUT2D eigenvalue weighted by Gasteiger charge is -2.08. The zero-order valence-corrected chi connectivity index (χ0v) is 10.2. The average molecular weight is 265 g/mol. The van der Waals surface area contributed by atoms with Gasteiger partial charge in [-0.3, -0.25) is 15.1 Å². The first-order chi connectivity index (χ1) is 8.58. The van der Waals surface area contributed by atoms with Gasteiger partial charge in [-0.25, -0.2) is 0 Å². The predicted molar refractivity (Wildman–Crippen MR) is 67.2 cm³/mol. The SMILES string of the molecule is Cc1ncccc1Oc1ccc(Cl)cc1[N+](=O)[O-]. The third-order valence-electron chi connectivity index (χ3n) is 2.30. The summed E-state index contributed by atoms with van der Waals surface area (Å²) in [5.41, 5.74) is 0.479. The Bertz CT molecular complexity index is 602. The van der Waals surface area contributed by atoms with Crippen LogP contribution >= 0.6 is 11.6 Å². The molecule has 0 aliphatic heterocycles. The number of nitrogens with zero attached hydrogens (tertiary/aromatic N) is 2. The van der Waals surface area contributed by atoms with Gasteiger partial charge in [-0.15, -0.1) is 0 Å². The maximum Gasteiger partial charge on any atom is 0.313 e. The molecular formula is C12H9ClN2O3. The highest BCUT2D eigenvalue weighted by atomic mass is 35.5. The molecule has 0 atom stereocenters. The van der Waals surface area contributed by atoms with E-state index in [1.807, 2.05) is 0 Å². The normalized spacial score (nSPS) is 10.1. The first-order valence-electron chi connectivity index (χ1n) is 5.11. The molecule has 5 nitrogen and oxygen atoms in total. The minimum absolute atomic E-state index is 0.139. The van der Waals surface area contributed by atoms with Crippen molar-refractivity contribution in [3.63, 3.8) is 0 Å². The van der Waals surface area contributed by atoms with E-state index in [-0.39, 0.29) is 16.5 Å². The molecule has 0 saturated heterocycles. The molecule has 18 heavy (non-hydrogen) atoms. The van der Waals surface area contributed by atoms with Gasteiger partial charge in [-0.1, -0.05) is 11.6 Å². The summed E-state index contributed by atoms with van der Waals surface area (Å²) in [4.78, 5) is 14.4. The lowest BCUT2D eigenvalue weighted by atomic mass is 10.3. The van der Waals surface area contributed by atoms with Crippen LogP contribution in [0.2, 0.25) is 5.02 Å². The molecule has 0 fully saturated rings. The largest absolute Gasteiger partial charge is 0.448 e. The number of hydrogen-bond donors (Lipinski definition) is 0. The smallest absolute Gasteiger partial charge is 0.313 e. The second-order valence-electron chi connectivity index (χ2n) is 3.56. The van der Waals surface area contributed by atoms with E-state index in [0.717, 1.165) is 0 Å². The molecule has 1 heterocycles. The van der Waals surface area contributed by atoms with E-state index < -0.39 is 4.92 Å². The average Bonchev–Trinajstić information content (AvgIpc) is 2.34. The van der Waals surface area contributed by atoms with Crippen LogP contribution in [0.15, 0.2) is 36.5 Å². The van der Waals surface area contributed by atoms with Gasteiger partial charge in [0.1, 0.15) is 5.75 Å². The molecule has 0 spiro atoms. The number of benzene rings is 1. The Hall–Kier alpha value is -2.14. The Morgan fingerprint density at radius 3 is 2.78 bits per heavy atom. The molecule has 0 aliphatic rings. The quantitative estimate of drug-likeness (QED) is 0.626. The van der Waals surface area contributed by atoms with Crippen LogP contribution in [-0.2, 0) is 0 Å². The van der Waals surface area contributed by atoms with E-state index in [0.29, 0.717) is 11.4 Å². The summed E-state index contributed by atoms with van der Waals surface area (Å²) in [7, 11) is 0. The Kier molecular flexibility index (Phi) is 3.43. The maximum atomic E-state index is 10.9. The van der Waals surface area contributed by atoms with Crippen molar-refractivity contribution in [1.82, 2.24) is 4.98 Å². The molecule has 1 aromatic carbocycles. The lowest BCUT2D eigenvalue weighted by molar-refractivity contribution is -0.385. The fourth-order valence-electron chi connectivity index (χ4n) is 1.42. The number of rotatable bonds is 3. The van der Waals surface area contributed by atoms with Crippen LogP contribution in [0.1, 0.15) is 5.69 Å². The van der Waals surface area contributed by atoms with Crippen LogP contribution in [0.3, 0.4) is 0 Å². The molecule has 0 unspecified atom stereocenters. The summed E-state index contributed by atoms with van der Waals surface area (Å²) < 4.78 is 5.49. The number of pyridine rings is 1. The van der Waals surface area contributed by atoms with Crippen molar-refractivity contribution >= 4 is 17.3 Å². The van der Waals surface area contributed by atoms with Crippen LogP contribution < -0.4 is 4.74 Å². The Morgan fingerprint density at radius 1 is 1.33 bits per heavy atom. The molecule has 0 amide bonds. The predicted octanol–water partition coefficient (Wildman–Crippen LogP) is 3.74. The number of hydrogen-bond acceptors (Lipinski definition) is 4. The maximum absolute atomic E-state index is 10.9. The van der Waals surface area contributed by atoms with E-state index in [1.165, 1.54) is 18.2 Å². The Morgan fingerprint density at radius 2 is 2.11 bits per heavy atom. The summed E-state index contributed by atoms with van der Waals surface area (Å²) in [6, 6.07) is 7.65. The topological polar surface area (TPSA) is 65.3 Å². The van der Waals surface area contributed by atoms with Gasteiger partial charge in [0, 0.05) is 17.3 Å². The van der Waals surface area contributed by atoms with Crippen LogP contribution in [-0.4, -0.2) is 9.91 Å². The fraction of sp³-hybridized carbons (Fsp3) is 0.0833. The third kappa shape index (κ3) is 2.57. The highest BCUT2D eigenvalue weighted by Crippen LogP contribution is 2.34. The number of halogens is 1. The van der Waals surface area contributed by atoms with Crippen molar-refractivity contribution in [1.29, 1.82) is 0 Å². The van der Waals surface area contributed by atoms with E-state index in [4.69, 9.17) is 16.3 Å². The van der Waals surface area contributed by atoms with Crippen molar-refractivity contribution in [3.8, 4) is 11.5 Å². The van der Waals surface area contributed by atoms with Gasteiger partial charge in [0.05, 0.1) is 10.6 Å². The van der Waals surface area contributed by atoms with Crippen molar-refractivity contribution in [2.45, 2.75) is 6.92 Å². The third-order valence-corrected chi connectivity index (χ3v) is 2.53. The lowest BCUT2D eigenvalue weighted by Crippen LogP contribution is -1.95. The molecule has 0 radical (unpaired) electrons. The van der Waals surface area contributed by atoms with E-state index >= 15 is 0 Å². The molecule has 2 aromatic rings. The van der Waals surface area contributed by atoms with Gasteiger partial charge in [0.15, 0.2) is 0 Å². The molecular weight excluding hydrogens is 256 g/mol. The highest BCUT2D eigenvalue weighted by molar-refractivity contribution is 6.30. The number of nitro benzene ring substituents is 1. The van der Waals surface area contributed by atoms with Crippen molar-refractivity contribution in [2.24, 2.45) is 0 Å². The fourth-order valence-corrected chi connectivity index (χ4v) is 1.58. The highest BCUT2D eigenvalue weighted by Gasteiger charge is 2.17. The monoisotopic (exact) mass is 264 g/mol. The summed E-state index contributed by atoms with van der Waals surface area (Å²) >= 11 is 5.72. The first kappa shape index (κ1) is 12.3. The van der Waals surface area contributed by atoms with Crippen LogP contribution in [0.4, 0.5) is 5.69 Å². The van der Waals surface area contributed by atoms with E-state index in [2.05, 4.69) is 4.98 Å². The standard InChI is InChI=1S/C12H9ClN2O3/c1-8-11(3-2-6-14-8)18-12-5-4-9(13)7-10(12)15(16)17/h2-7H,1H3. The van der Waals surface area contributed by atoms with Crippen molar-refractivity contribution in [3.05, 3.63) is 57.4 Å². The number of ether oxygens (including phenoxy) is 1. The van der Waals surface area contributed by atoms with Crippen LogP contribution in [0.5, 0.6) is 11.5 Å². The Balaban J connectivity index is 2.41. The van der Waals surface area contributed by atoms with E-state index in [9.17, 15) is 10.1 Å². The zero-order valence-electron chi connectivity index (χ0n) is 9.46. The van der Waals surface area contributed by atoms with Gasteiger partial charge < -0.3 is 4.74 Å². The minimum Gasteiger partial charge on any atom is -0.448 e. The molecule has 0 N–H and O–H groups in total.